The van der Waals surface area contributed by atoms with Crippen LogP contribution < -0.4 is 5.32 Å². The molecule has 0 aliphatic carbocycles. The van der Waals surface area contributed by atoms with E-state index in [1.165, 1.54) is 0 Å². The van der Waals surface area contributed by atoms with Crippen molar-refractivity contribution in [2.45, 2.75) is 6.17 Å². The summed E-state index contributed by atoms with van der Waals surface area (Å²) >= 11 is 0. The summed E-state index contributed by atoms with van der Waals surface area (Å²) in [6.07, 6.45) is -0.405. The summed E-state index contributed by atoms with van der Waals surface area (Å²) in [5.41, 5.74) is 22.1. The maximum Gasteiger partial charge on any atom is 0.160 e. The Balaban J connectivity index is 0.802. The number of furan rings is 1. The van der Waals surface area contributed by atoms with Crippen LogP contribution in [0.25, 0.3) is 123 Å². The number of fused-ring (bicyclic) bond motifs is 3. The number of para-hydroxylation sites is 2. The van der Waals surface area contributed by atoms with Gasteiger partial charge >= 0.3 is 0 Å². The van der Waals surface area contributed by atoms with Crippen molar-refractivity contribution in [3.63, 3.8) is 0 Å². The molecule has 0 fully saturated rings. The van der Waals surface area contributed by atoms with E-state index in [1.807, 2.05) is 24.3 Å². The minimum atomic E-state index is -0.405. The first-order chi connectivity index (χ1) is 42.1. The molecule has 1 aliphatic rings. The topological polar surface area (TPSA) is 75.7 Å². The van der Waals surface area contributed by atoms with Crippen LogP contribution >= 0.6 is 0 Å². The minimum Gasteiger partial charge on any atom is -0.455 e. The highest BCUT2D eigenvalue weighted by atomic mass is 16.3. The maximum absolute atomic E-state index is 7.15. The number of hydrogen-bond donors (Lipinski definition) is 1. The van der Waals surface area contributed by atoms with Crippen LogP contribution in [0.15, 0.2) is 324 Å². The van der Waals surface area contributed by atoms with E-state index < -0.39 is 6.17 Å². The smallest absolute Gasteiger partial charge is 0.160 e. The van der Waals surface area contributed by atoms with Crippen molar-refractivity contribution in [2.24, 2.45) is 9.98 Å². The second kappa shape index (κ2) is 22.2. The second-order valence-corrected chi connectivity index (χ2v) is 21.4. The van der Waals surface area contributed by atoms with Gasteiger partial charge in [0.25, 0.3) is 0 Å². The van der Waals surface area contributed by atoms with Crippen LogP contribution in [0.3, 0.4) is 0 Å². The SMILES string of the molecule is c1ccc(-c2cccc(C3=NC(c4cccc(-c5ccccc5)c4)NC(c4cccc(-c5cccc6c5oc5c(-c7cccc(-c8nc(-c9cccc(-c%10ccccc%10)c9)cc(-c9cccc(-c%10ccccc%10)c9)n8)c7)cccc56)c4)=N3)c2)cc1. The van der Waals surface area contributed by atoms with Crippen molar-refractivity contribution in [1.29, 1.82) is 0 Å². The average Bonchev–Trinajstić information content (AvgIpc) is 2.18. The molecule has 1 N–H and O–H groups in total. The highest BCUT2D eigenvalue weighted by Gasteiger charge is 2.24. The highest BCUT2D eigenvalue weighted by Crippen LogP contribution is 2.42. The largest absolute Gasteiger partial charge is 0.455 e. The summed E-state index contributed by atoms with van der Waals surface area (Å²) in [5, 5.41) is 5.83. The summed E-state index contributed by atoms with van der Waals surface area (Å²) in [7, 11) is 0. The summed E-state index contributed by atoms with van der Waals surface area (Å²) in [6, 6.07) is 108. The summed E-state index contributed by atoms with van der Waals surface area (Å²) in [4.78, 5) is 21.3. The zero-order chi connectivity index (χ0) is 56.5. The number of nitrogens with one attached hydrogen (secondary N) is 1. The molecule has 0 saturated carbocycles. The Bertz CT molecular complexity index is 4760. The molecular formula is C79H53N5O. The average molecular weight is 1090 g/mol. The van der Waals surface area contributed by atoms with E-state index in [4.69, 9.17) is 24.4 Å². The number of rotatable bonds is 12. The van der Waals surface area contributed by atoms with Crippen LogP contribution in [0.5, 0.6) is 0 Å². The number of nitrogens with zero attached hydrogens (tertiary/aromatic N) is 4. The van der Waals surface area contributed by atoms with Gasteiger partial charge < -0.3 is 9.73 Å². The molecule has 14 aromatic rings. The highest BCUT2D eigenvalue weighted by molar-refractivity contribution is 6.15. The molecule has 0 saturated heterocycles. The van der Waals surface area contributed by atoms with Crippen LogP contribution in [-0.4, -0.2) is 21.6 Å². The fraction of sp³-hybridized carbons (Fsp3) is 0.0127. The Kier molecular flexibility index (Phi) is 13.2. The molecule has 6 heteroatoms. The molecule has 0 amide bonds. The molecule has 2 aromatic heterocycles. The lowest BCUT2D eigenvalue weighted by atomic mass is 9.97. The maximum atomic E-state index is 7.15. The molecule has 1 atom stereocenters. The zero-order valence-electron chi connectivity index (χ0n) is 46.2. The first-order valence-electron chi connectivity index (χ1n) is 28.7. The Hall–Kier alpha value is -11.3. The van der Waals surface area contributed by atoms with Gasteiger partial charge in [-0.25, -0.2) is 20.0 Å². The molecular weight excluding hydrogens is 1030 g/mol. The van der Waals surface area contributed by atoms with E-state index >= 15 is 0 Å². The van der Waals surface area contributed by atoms with E-state index in [1.54, 1.807) is 0 Å². The van der Waals surface area contributed by atoms with Crippen molar-refractivity contribution in [2.75, 3.05) is 0 Å². The third kappa shape index (κ3) is 10.2. The fourth-order valence-corrected chi connectivity index (χ4v) is 11.7. The molecule has 0 bridgehead atoms. The monoisotopic (exact) mass is 1090 g/mol. The number of benzene rings is 12. The van der Waals surface area contributed by atoms with E-state index in [2.05, 4.69) is 290 Å². The Morgan fingerprint density at radius 1 is 0.282 bits per heavy atom. The predicted molar refractivity (Wildman–Crippen MR) is 350 cm³/mol. The molecule has 6 nitrogen and oxygen atoms in total. The van der Waals surface area contributed by atoms with Crippen molar-refractivity contribution in [1.82, 2.24) is 15.3 Å². The van der Waals surface area contributed by atoms with Gasteiger partial charge in [0.2, 0.25) is 0 Å². The summed E-state index contributed by atoms with van der Waals surface area (Å²) in [6.45, 7) is 0. The third-order valence-corrected chi connectivity index (χ3v) is 15.9. The van der Waals surface area contributed by atoms with Crippen LogP contribution in [0.2, 0.25) is 0 Å². The molecule has 15 rings (SSSR count). The minimum absolute atomic E-state index is 0.405. The second-order valence-electron chi connectivity index (χ2n) is 21.4. The lowest BCUT2D eigenvalue weighted by Crippen LogP contribution is -2.33. The van der Waals surface area contributed by atoms with E-state index in [0.29, 0.717) is 11.7 Å². The summed E-state index contributed by atoms with van der Waals surface area (Å²) in [5.74, 6) is 2.02. The van der Waals surface area contributed by atoms with Gasteiger partial charge in [0.15, 0.2) is 11.7 Å². The molecule has 3 heterocycles. The van der Waals surface area contributed by atoms with Gasteiger partial charge in [-0.3, -0.25) is 0 Å². The van der Waals surface area contributed by atoms with Gasteiger partial charge in [0, 0.05) is 49.7 Å². The standard InChI is InChI=1S/C79H53N5O/c1-5-21-52(22-6-1)56-29-13-35-62(45-56)72-51-73(63-36-14-30-57(46-63)53-23-7-2-8-24-53)81-76(80-72)66-39-17-33-60(49-66)68-41-19-43-70-71-44-20-42-69(75(71)85-74(68)70)61-34-18-40-67(50-61)79-83-77(64-37-15-31-58(47-64)54-25-9-3-10-26-54)82-78(84-79)65-38-16-32-59(48-65)55-27-11-4-12-28-55/h1-51,77H,(H,82,83,84). The van der Waals surface area contributed by atoms with Gasteiger partial charge in [-0.1, -0.05) is 267 Å². The number of aliphatic imine (C=N–C) groups is 2. The molecule has 85 heavy (non-hydrogen) atoms. The van der Waals surface area contributed by atoms with Crippen molar-refractivity contribution in [3.05, 3.63) is 326 Å². The number of hydrogen-bond acceptors (Lipinski definition) is 6. The van der Waals surface area contributed by atoms with Crippen LogP contribution in [-0.2, 0) is 0 Å². The van der Waals surface area contributed by atoms with Crippen LogP contribution in [0.1, 0.15) is 22.9 Å². The lowest BCUT2D eigenvalue weighted by molar-refractivity contribution is 0.671. The first-order valence-corrected chi connectivity index (χ1v) is 28.7. The van der Waals surface area contributed by atoms with Crippen LogP contribution in [0, 0.1) is 0 Å². The van der Waals surface area contributed by atoms with E-state index in [9.17, 15) is 0 Å². The van der Waals surface area contributed by atoms with Crippen molar-refractivity contribution < 1.29 is 4.42 Å². The van der Waals surface area contributed by atoms with Gasteiger partial charge in [-0.15, -0.1) is 0 Å². The Labute approximate surface area is 493 Å². The number of amidine groups is 2. The van der Waals surface area contributed by atoms with Gasteiger partial charge in [-0.05, 0) is 104 Å². The number of aromatic nitrogens is 2. The molecule has 400 valence electrons. The predicted octanol–water partition coefficient (Wildman–Crippen LogP) is 19.9. The van der Waals surface area contributed by atoms with Gasteiger partial charge in [0.05, 0.1) is 11.4 Å². The quantitative estimate of drug-likeness (QED) is 0.132. The van der Waals surface area contributed by atoms with Crippen LogP contribution in [0.4, 0.5) is 0 Å². The zero-order valence-corrected chi connectivity index (χ0v) is 46.2. The molecule has 12 aromatic carbocycles. The lowest BCUT2D eigenvalue weighted by Gasteiger charge is -2.24. The Morgan fingerprint density at radius 3 is 1.15 bits per heavy atom. The molecule has 0 radical (unpaired) electrons. The first kappa shape index (κ1) is 50.6. The van der Waals surface area contributed by atoms with Crippen molar-refractivity contribution in [3.8, 4) is 101 Å². The van der Waals surface area contributed by atoms with E-state index in [0.717, 1.165) is 139 Å². The molecule has 1 unspecified atom stereocenters. The Morgan fingerprint density at radius 2 is 0.647 bits per heavy atom. The fourth-order valence-electron chi connectivity index (χ4n) is 11.7. The molecule has 0 spiro atoms. The van der Waals surface area contributed by atoms with Gasteiger partial charge in [-0.2, -0.15) is 0 Å². The van der Waals surface area contributed by atoms with E-state index in [-0.39, 0.29) is 0 Å². The molecule has 1 aliphatic heterocycles. The van der Waals surface area contributed by atoms with Crippen molar-refractivity contribution >= 4 is 33.6 Å². The normalized spacial score (nSPS) is 13.1. The van der Waals surface area contributed by atoms with Gasteiger partial charge in [0.1, 0.15) is 23.2 Å². The summed E-state index contributed by atoms with van der Waals surface area (Å²) < 4.78 is 7.15. The third-order valence-electron chi connectivity index (χ3n) is 15.9.